The lowest BCUT2D eigenvalue weighted by Crippen LogP contribution is -2.43. The zero-order valence-electron chi connectivity index (χ0n) is 42.7. The van der Waals surface area contributed by atoms with Crippen molar-refractivity contribution < 1.29 is 96.3 Å². The zero-order valence-corrected chi connectivity index (χ0v) is 44.5. The molecule has 404 valence electrons. The highest BCUT2D eigenvalue weighted by atomic mass is 31.2. The molecule has 2 heterocycles. The van der Waals surface area contributed by atoms with E-state index in [9.17, 15) is 68.7 Å². The van der Waals surface area contributed by atoms with Crippen molar-refractivity contribution in [1.82, 2.24) is 0 Å². The monoisotopic (exact) mass is 1070 g/mol. The van der Waals surface area contributed by atoms with Crippen molar-refractivity contribution in [3.05, 3.63) is 153 Å². The van der Waals surface area contributed by atoms with E-state index in [1.165, 1.54) is 0 Å². The van der Waals surface area contributed by atoms with E-state index in [-0.39, 0.29) is 12.8 Å². The molecule has 0 spiro atoms. The van der Waals surface area contributed by atoms with Crippen molar-refractivity contribution in [2.45, 2.75) is 119 Å². The maximum Gasteiger partial charge on any atom is 0.472 e. The number of aliphatic hydroxyl groups is 5. The van der Waals surface area contributed by atoms with Crippen LogP contribution in [0.3, 0.4) is 0 Å². The van der Waals surface area contributed by atoms with Crippen LogP contribution in [0.2, 0.25) is 0 Å². The molecule has 0 aromatic heterocycles. The lowest BCUT2D eigenvalue weighted by molar-refractivity contribution is -0.438. The summed E-state index contributed by atoms with van der Waals surface area (Å²) in [6, 6.07) is 0. The number of ketones is 2. The molecule has 8 atom stereocenters. The molecule has 0 aromatic rings. The summed E-state index contributed by atoms with van der Waals surface area (Å²) in [5, 5.41) is 60.8. The minimum Gasteiger partial charge on any atom is -0.847 e. The standard InChI is InChI=1S/C52H65O20P2/c1-29(17-13-19-31(3)21-23-35-33(5)41(55)39(25-51(35,7)8)71-73(63,64)67-27-37(53)47-43(57)45(59)49(61)69-47)15-11-12-16-30(2)18-14-20-32(4)22-24-36-34(6)42(56)40(26-52(36,9)10)72-74(65,66)68-28-38(54)48-44(58)46(60)50(62)70-48/h11-24,37-40,47-48,53,57-60H,25-28H2,1-10H3,(H,63,64)(H,65,66)/q-1/p-1/b12-11+,17-13+,18-14+,23-21+,24-22+,29-15+,30-16+,31-19+,32-20+/t37-,38-,39?,40?,47+,48+/m0/s1. The number of ether oxygens (including phenoxy) is 2. The van der Waals surface area contributed by atoms with Gasteiger partial charge in [-0.25, -0.2) is 14.2 Å². The van der Waals surface area contributed by atoms with Crippen molar-refractivity contribution in [3.8, 4) is 0 Å². The highest BCUT2D eigenvalue weighted by Gasteiger charge is 2.44. The molecule has 74 heavy (non-hydrogen) atoms. The molecule has 2 aliphatic carbocycles. The largest absolute Gasteiger partial charge is 0.847 e. The van der Waals surface area contributed by atoms with E-state index in [1.54, 1.807) is 19.9 Å². The van der Waals surface area contributed by atoms with Crippen LogP contribution in [-0.2, 0) is 55.9 Å². The Bertz CT molecular complexity index is 2570. The highest BCUT2D eigenvalue weighted by molar-refractivity contribution is 7.47. The molecular formula is C52H64O20P2-2. The normalized spacial score (nSPS) is 26.2. The van der Waals surface area contributed by atoms with Crippen LogP contribution in [0.5, 0.6) is 0 Å². The van der Waals surface area contributed by atoms with E-state index >= 15 is 0 Å². The molecule has 4 rings (SSSR count). The maximum atomic E-state index is 13.3. The van der Waals surface area contributed by atoms with Crippen LogP contribution in [-0.4, -0.2) is 104 Å². The summed E-state index contributed by atoms with van der Waals surface area (Å²) in [6.07, 6.45) is 16.1. The number of phosphoric acid groups is 2. The minimum atomic E-state index is -5.19. The predicted octanol–water partition coefficient (Wildman–Crippen LogP) is 7.15. The molecule has 4 aliphatic rings. The smallest absolute Gasteiger partial charge is 0.472 e. The second kappa shape index (κ2) is 25.2. The number of allylic oxidation sites excluding steroid dienone is 20. The average molecular weight is 1070 g/mol. The van der Waals surface area contributed by atoms with Gasteiger partial charge in [0.15, 0.2) is 35.3 Å². The van der Waals surface area contributed by atoms with Crippen LogP contribution in [0.4, 0.5) is 0 Å². The van der Waals surface area contributed by atoms with Gasteiger partial charge in [0.05, 0.1) is 13.2 Å². The molecule has 0 saturated heterocycles. The van der Waals surface area contributed by atoms with Gasteiger partial charge < -0.3 is 58.9 Å². The molecule has 4 unspecified atom stereocenters. The van der Waals surface area contributed by atoms with Crippen molar-refractivity contribution in [1.29, 1.82) is 0 Å². The van der Waals surface area contributed by atoms with E-state index in [0.29, 0.717) is 22.3 Å². The van der Waals surface area contributed by atoms with E-state index in [1.807, 2.05) is 134 Å². The first-order valence-corrected chi connectivity index (χ1v) is 26.1. The van der Waals surface area contributed by atoms with E-state index in [4.69, 9.17) is 18.1 Å². The van der Waals surface area contributed by atoms with E-state index in [0.717, 1.165) is 22.3 Å². The van der Waals surface area contributed by atoms with Gasteiger partial charge in [0.25, 0.3) is 7.82 Å². The van der Waals surface area contributed by atoms with Crippen LogP contribution in [0, 0.1) is 10.8 Å². The average Bonchev–Trinajstić information content (AvgIpc) is 3.72. The molecule has 0 amide bonds. The minimum absolute atomic E-state index is 0.00970. The molecule has 0 saturated carbocycles. The van der Waals surface area contributed by atoms with Crippen LogP contribution in [0.1, 0.15) is 82.1 Å². The van der Waals surface area contributed by atoms with Gasteiger partial charge >= 0.3 is 19.8 Å². The molecule has 22 heteroatoms. The summed E-state index contributed by atoms with van der Waals surface area (Å²) in [7, 11) is -10.2. The van der Waals surface area contributed by atoms with Gasteiger partial charge in [-0.05, 0) is 87.5 Å². The zero-order chi connectivity index (χ0) is 55.7. The summed E-state index contributed by atoms with van der Waals surface area (Å²) in [5.74, 6) is -7.98. The van der Waals surface area contributed by atoms with E-state index < -0.39 is 123 Å². The number of phosphoric ester groups is 2. The number of hydrogen-bond donors (Lipinski definition) is 6. The first-order valence-electron chi connectivity index (χ1n) is 23.2. The van der Waals surface area contributed by atoms with Crippen LogP contribution in [0.25, 0.3) is 0 Å². The van der Waals surface area contributed by atoms with Crippen LogP contribution >= 0.6 is 15.6 Å². The van der Waals surface area contributed by atoms with Gasteiger partial charge in [-0.1, -0.05) is 141 Å². The Kier molecular flexibility index (Phi) is 20.7. The third kappa shape index (κ3) is 16.4. The number of carbonyl (C=O) groups excluding carboxylic acids is 4. The highest BCUT2D eigenvalue weighted by Crippen LogP contribution is 2.50. The summed E-state index contributed by atoms with van der Waals surface area (Å²) in [6.45, 7) is 16.1. The second-order valence-electron chi connectivity index (χ2n) is 19.3. The first kappa shape index (κ1) is 60.8. The van der Waals surface area contributed by atoms with Gasteiger partial charge in [0.2, 0.25) is 11.5 Å². The summed E-state index contributed by atoms with van der Waals surface area (Å²) in [5.41, 5.74) is 4.29. The Hall–Kier alpha value is -5.76. The van der Waals surface area contributed by atoms with Crippen molar-refractivity contribution in [2.75, 3.05) is 13.2 Å². The number of carbonyl (C=O) groups is 4. The lowest BCUT2D eigenvalue weighted by Gasteiger charge is -2.38. The Labute approximate surface area is 429 Å². The molecule has 6 N–H and O–H groups in total. The number of cyclic esters (lactones) is 2. The first-order chi connectivity index (χ1) is 34.3. The third-order valence-corrected chi connectivity index (χ3v) is 14.1. The van der Waals surface area contributed by atoms with Crippen LogP contribution < -0.4 is 10.00 Å². The Balaban J connectivity index is 1.26. The molecule has 2 aliphatic heterocycles. The maximum absolute atomic E-state index is 13.3. The fourth-order valence-corrected chi connectivity index (χ4v) is 9.84. The third-order valence-electron chi connectivity index (χ3n) is 12.2. The number of hydrogen-bond acceptors (Lipinski definition) is 19. The molecular weight excluding hydrogens is 1010 g/mol. The predicted molar refractivity (Wildman–Crippen MR) is 266 cm³/mol. The molecule has 0 bridgehead atoms. The van der Waals surface area contributed by atoms with Crippen molar-refractivity contribution >= 4 is 39.2 Å². The van der Waals surface area contributed by atoms with Gasteiger partial charge in [-0.15, -0.1) is 0 Å². The van der Waals surface area contributed by atoms with Gasteiger partial charge in [0, 0.05) is 0 Å². The number of esters is 2. The fourth-order valence-electron chi connectivity index (χ4n) is 8.07. The molecule has 0 aromatic carbocycles. The Morgan fingerprint density at radius 3 is 1.46 bits per heavy atom. The van der Waals surface area contributed by atoms with Crippen molar-refractivity contribution in [3.63, 3.8) is 0 Å². The second-order valence-corrected chi connectivity index (χ2v) is 22.1. The topological polar surface area (TPSA) is 325 Å². The van der Waals surface area contributed by atoms with Crippen molar-refractivity contribution in [2.24, 2.45) is 10.8 Å². The van der Waals surface area contributed by atoms with Crippen LogP contribution in [0.15, 0.2) is 153 Å². The SMILES string of the molecule is CC1=C(/C=C/C(C)=C/C=C/C(C)=C/C=C/C=C(C)/C=C/C=C(C)/C=C/C2=C(C)C(=O)C(OP(=O)(O)OC[C@H]([O-])[C@H]3OC(=O)C(O)=C3O)CC2(C)C)C(C)(C)CC(OP(=O)([O-])OC[C@H](O)[C@H]2OC(=O)C(O)=C2O)C1=O. The Morgan fingerprint density at radius 2 is 1.04 bits per heavy atom. The number of rotatable bonds is 22. The molecule has 20 nitrogen and oxygen atoms in total. The van der Waals surface area contributed by atoms with E-state index in [2.05, 4.69) is 9.47 Å². The molecule has 0 radical (unpaired) electrons. The summed E-state index contributed by atoms with van der Waals surface area (Å²) in [4.78, 5) is 72.3. The summed E-state index contributed by atoms with van der Waals surface area (Å²) >= 11 is 0. The lowest BCUT2D eigenvalue weighted by atomic mass is 9.71. The van der Waals surface area contributed by atoms with Gasteiger partial charge in [-0.2, -0.15) is 0 Å². The number of aliphatic hydroxyl groups excluding tert-OH is 5. The Morgan fingerprint density at radius 1 is 0.649 bits per heavy atom. The molecule has 0 fully saturated rings. The summed E-state index contributed by atoms with van der Waals surface area (Å²) < 4.78 is 54.3. The number of Topliss-reactive ketones (excluding diaryl/α,β-unsaturated/α-hetero) is 2. The fraction of sp³-hybridized carbons (Fsp3) is 0.423. The van der Waals surface area contributed by atoms with Gasteiger partial charge in [-0.3, -0.25) is 23.2 Å². The van der Waals surface area contributed by atoms with Gasteiger partial charge in [0.1, 0.15) is 18.3 Å². The quantitative estimate of drug-likeness (QED) is 0.0356.